The van der Waals surface area contributed by atoms with E-state index in [2.05, 4.69) is 52.2 Å². The zero-order chi connectivity index (χ0) is 15.2. The molecule has 0 amide bonds. The smallest absolute Gasteiger partial charge is 0.204 e. The molecule has 2 aromatic rings. The summed E-state index contributed by atoms with van der Waals surface area (Å²) < 4.78 is 5.53. The van der Waals surface area contributed by atoms with E-state index in [0.29, 0.717) is 5.75 Å². The van der Waals surface area contributed by atoms with Crippen molar-refractivity contribution in [3.63, 3.8) is 0 Å². The molecule has 0 saturated carbocycles. The third-order valence-electron chi connectivity index (χ3n) is 3.22. The molecule has 1 aromatic heterocycles. The van der Waals surface area contributed by atoms with E-state index in [4.69, 9.17) is 4.74 Å². The van der Waals surface area contributed by atoms with Crippen LogP contribution in [0.25, 0.3) is 0 Å². The molecule has 0 aliphatic heterocycles. The topological polar surface area (TPSA) is 50.3 Å². The highest BCUT2D eigenvalue weighted by molar-refractivity contribution is 5.71. The summed E-state index contributed by atoms with van der Waals surface area (Å²) in [4.78, 5) is 10.8. The summed E-state index contributed by atoms with van der Waals surface area (Å²) in [5.74, 6) is 2.16. The molecule has 1 heterocycles. The molecule has 0 spiro atoms. The zero-order valence-electron chi connectivity index (χ0n) is 13.1. The number of benzene rings is 1. The van der Waals surface area contributed by atoms with E-state index in [1.54, 1.807) is 13.4 Å². The predicted octanol–water partition coefficient (Wildman–Crippen LogP) is 3.38. The fourth-order valence-corrected chi connectivity index (χ4v) is 2.29. The quantitative estimate of drug-likeness (QED) is 0.882. The minimum Gasteiger partial charge on any atom is -0.490 e. The first-order valence-electron chi connectivity index (χ1n) is 7.18. The van der Waals surface area contributed by atoms with Gasteiger partial charge in [-0.15, -0.1) is 0 Å². The van der Waals surface area contributed by atoms with Crippen molar-refractivity contribution in [1.29, 1.82) is 0 Å². The van der Waals surface area contributed by atoms with Crippen LogP contribution in [0.2, 0.25) is 0 Å². The molecule has 1 N–H and O–H groups in total. The van der Waals surface area contributed by atoms with Crippen LogP contribution in [0, 0.1) is 6.92 Å². The molecule has 0 fully saturated rings. The number of hydrogen-bond donors (Lipinski definition) is 1. The molecule has 0 saturated heterocycles. The van der Waals surface area contributed by atoms with Gasteiger partial charge in [-0.1, -0.05) is 12.1 Å². The maximum absolute atomic E-state index is 5.53. The van der Waals surface area contributed by atoms with Crippen molar-refractivity contribution in [2.75, 3.05) is 30.4 Å². The van der Waals surface area contributed by atoms with Crippen LogP contribution in [0.4, 0.5) is 17.3 Å². The molecule has 5 heteroatoms. The number of rotatable bonds is 6. The van der Waals surface area contributed by atoms with Crippen LogP contribution in [0.1, 0.15) is 19.4 Å². The van der Waals surface area contributed by atoms with Gasteiger partial charge < -0.3 is 15.0 Å². The molecule has 5 nitrogen and oxygen atoms in total. The predicted molar refractivity (Wildman–Crippen MR) is 86.6 cm³/mol. The molecule has 0 unspecified atom stereocenters. The molecule has 2 rings (SSSR count). The maximum atomic E-state index is 5.53. The standard InChI is InChI=1S/C16H22N4O/c1-5-17-15-14(21-4)16(19-11-18-15)20(6-2)13-9-7-8-12(3)10-13/h7-11H,5-6H2,1-4H3,(H,17,18,19). The Hall–Kier alpha value is -2.30. The van der Waals surface area contributed by atoms with Crippen molar-refractivity contribution >= 4 is 17.3 Å². The number of aryl methyl sites for hydroxylation is 1. The van der Waals surface area contributed by atoms with E-state index in [-0.39, 0.29) is 0 Å². The maximum Gasteiger partial charge on any atom is 0.204 e. The van der Waals surface area contributed by atoms with Crippen molar-refractivity contribution in [3.05, 3.63) is 36.2 Å². The Bertz CT molecular complexity index is 601. The van der Waals surface area contributed by atoms with Gasteiger partial charge in [-0.3, -0.25) is 0 Å². The third-order valence-corrected chi connectivity index (χ3v) is 3.22. The van der Waals surface area contributed by atoms with Gasteiger partial charge in [0.25, 0.3) is 0 Å². The summed E-state index contributed by atoms with van der Waals surface area (Å²) in [5.41, 5.74) is 2.31. The number of hydrogen-bond acceptors (Lipinski definition) is 5. The lowest BCUT2D eigenvalue weighted by atomic mass is 10.2. The molecule has 0 bridgehead atoms. The number of anilines is 3. The molecule has 112 valence electrons. The van der Waals surface area contributed by atoms with Crippen LogP contribution in [-0.4, -0.2) is 30.2 Å². The van der Waals surface area contributed by atoms with Gasteiger partial charge in [-0.05, 0) is 38.5 Å². The van der Waals surface area contributed by atoms with E-state index in [9.17, 15) is 0 Å². The van der Waals surface area contributed by atoms with Crippen LogP contribution in [0.15, 0.2) is 30.6 Å². The monoisotopic (exact) mass is 286 g/mol. The van der Waals surface area contributed by atoms with Gasteiger partial charge in [0, 0.05) is 18.8 Å². The van der Waals surface area contributed by atoms with Gasteiger partial charge in [0.15, 0.2) is 11.6 Å². The molecule has 0 aliphatic carbocycles. The highest BCUT2D eigenvalue weighted by Crippen LogP contribution is 2.35. The van der Waals surface area contributed by atoms with Crippen LogP contribution >= 0.6 is 0 Å². The minimum atomic E-state index is 0.669. The summed E-state index contributed by atoms with van der Waals surface area (Å²) in [6.45, 7) is 7.78. The molecule has 21 heavy (non-hydrogen) atoms. The highest BCUT2D eigenvalue weighted by atomic mass is 16.5. The van der Waals surface area contributed by atoms with Gasteiger partial charge >= 0.3 is 0 Å². The fourth-order valence-electron chi connectivity index (χ4n) is 2.29. The lowest BCUT2D eigenvalue weighted by molar-refractivity contribution is 0.413. The SMILES string of the molecule is CCNc1ncnc(N(CC)c2cccc(C)c2)c1OC. The number of aromatic nitrogens is 2. The number of nitrogens with one attached hydrogen (secondary N) is 1. The van der Waals surface area contributed by atoms with E-state index < -0.39 is 0 Å². The summed E-state index contributed by atoms with van der Waals surface area (Å²) in [5, 5.41) is 3.21. The van der Waals surface area contributed by atoms with Crippen LogP contribution < -0.4 is 15.0 Å². The molecule has 0 radical (unpaired) electrons. The van der Waals surface area contributed by atoms with Gasteiger partial charge in [0.2, 0.25) is 5.75 Å². The number of nitrogens with zero attached hydrogens (tertiary/aromatic N) is 3. The van der Waals surface area contributed by atoms with Crippen molar-refractivity contribution in [2.45, 2.75) is 20.8 Å². The van der Waals surface area contributed by atoms with Crippen LogP contribution in [-0.2, 0) is 0 Å². The first-order valence-corrected chi connectivity index (χ1v) is 7.18. The van der Waals surface area contributed by atoms with Crippen LogP contribution in [0.3, 0.4) is 0 Å². The second kappa shape index (κ2) is 6.92. The first kappa shape index (κ1) is 15.1. The van der Waals surface area contributed by atoms with Gasteiger partial charge in [0.1, 0.15) is 6.33 Å². The average molecular weight is 286 g/mol. The minimum absolute atomic E-state index is 0.669. The molecular weight excluding hydrogens is 264 g/mol. The van der Waals surface area contributed by atoms with Crippen molar-refractivity contribution in [2.24, 2.45) is 0 Å². The van der Waals surface area contributed by atoms with Crippen LogP contribution in [0.5, 0.6) is 5.75 Å². The molecule has 0 aliphatic rings. The molecule has 0 atom stereocenters. The Morgan fingerprint density at radius 3 is 2.67 bits per heavy atom. The van der Waals surface area contributed by atoms with Gasteiger partial charge in [-0.25, -0.2) is 9.97 Å². The van der Waals surface area contributed by atoms with Crippen molar-refractivity contribution in [1.82, 2.24) is 9.97 Å². The van der Waals surface area contributed by atoms with E-state index >= 15 is 0 Å². The summed E-state index contributed by atoms with van der Waals surface area (Å²) in [7, 11) is 1.65. The second-order valence-corrected chi connectivity index (χ2v) is 4.69. The van der Waals surface area contributed by atoms with Gasteiger partial charge in [0.05, 0.1) is 7.11 Å². The van der Waals surface area contributed by atoms with Crippen molar-refractivity contribution < 1.29 is 4.74 Å². The average Bonchev–Trinajstić information content (AvgIpc) is 2.49. The Kier molecular flexibility index (Phi) is 4.98. The third kappa shape index (κ3) is 3.24. The Balaban J connectivity index is 2.49. The Labute approximate surface area is 126 Å². The summed E-state index contributed by atoms with van der Waals surface area (Å²) >= 11 is 0. The normalized spacial score (nSPS) is 10.3. The molecular formula is C16H22N4O. The lowest BCUT2D eigenvalue weighted by Crippen LogP contribution is -2.19. The molecule has 1 aromatic carbocycles. The van der Waals surface area contributed by atoms with E-state index in [1.807, 2.05) is 13.0 Å². The Morgan fingerprint density at radius 2 is 2.05 bits per heavy atom. The first-order chi connectivity index (χ1) is 10.2. The summed E-state index contributed by atoms with van der Waals surface area (Å²) in [6, 6.07) is 8.34. The summed E-state index contributed by atoms with van der Waals surface area (Å²) in [6.07, 6.45) is 1.56. The largest absolute Gasteiger partial charge is 0.490 e. The lowest BCUT2D eigenvalue weighted by Gasteiger charge is -2.25. The number of methoxy groups -OCH3 is 1. The second-order valence-electron chi connectivity index (χ2n) is 4.69. The Morgan fingerprint density at radius 1 is 1.24 bits per heavy atom. The number of ether oxygens (including phenoxy) is 1. The highest BCUT2D eigenvalue weighted by Gasteiger charge is 2.18. The fraction of sp³-hybridized carbons (Fsp3) is 0.375. The van der Waals surface area contributed by atoms with Gasteiger partial charge in [-0.2, -0.15) is 0 Å². The zero-order valence-corrected chi connectivity index (χ0v) is 13.1. The van der Waals surface area contributed by atoms with E-state index in [1.165, 1.54) is 5.56 Å². The van der Waals surface area contributed by atoms with Crippen molar-refractivity contribution in [3.8, 4) is 5.75 Å². The van der Waals surface area contributed by atoms with E-state index in [0.717, 1.165) is 30.4 Å².